The average Bonchev–Trinajstić information content (AvgIpc) is 2.45. The Labute approximate surface area is 126 Å². The van der Waals surface area contributed by atoms with Crippen LogP contribution in [0, 0.1) is 12.8 Å². The number of hydrogen-bond donors (Lipinski definition) is 1. The highest BCUT2D eigenvalue weighted by atomic mass is 16.5. The fourth-order valence-corrected chi connectivity index (χ4v) is 2.65. The van der Waals surface area contributed by atoms with Gasteiger partial charge in [-0.1, -0.05) is 13.8 Å². The van der Waals surface area contributed by atoms with Crippen LogP contribution in [0.4, 0.5) is 0 Å². The van der Waals surface area contributed by atoms with Crippen LogP contribution in [-0.4, -0.2) is 40.9 Å². The van der Waals surface area contributed by atoms with Crippen molar-refractivity contribution in [2.75, 3.05) is 26.3 Å². The Kier molecular flexibility index (Phi) is 5.42. The SMILES string of the molecule is Cc1cc(=O)c(O)c(CN2CCOCC2)n1CCC(C)C. The van der Waals surface area contributed by atoms with Gasteiger partial charge in [-0.25, -0.2) is 0 Å². The molecule has 1 aliphatic rings. The highest BCUT2D eigenvalue weighted by molar-refractivity contribution is 5.29. The zero-order valence-corrected chi connectivity index (χ0v) is 13.3. The van der Waals surface area contributed by atoms with Crippen molar-refractivity contribution >= 4 is 0 Å². The summed E-state index contributed by atoms with van der Waals surface area (Å²) in [6.07, 6.45) is 1.03. The van der Waals surface area contributed by atoms with E-state index in [1.165, 1.54) is 6.07 Å². The van der Waals surface area contributed by atoms with Gasteiger partial charge in [-0.15, -0.1) is 0 Å². The van der Waals surface area contributed by atoms with Crippen molar-refractivity contribution in [3.05, 3.63) is 27.7 Å². The zero-order chi connectivity index (χ0) is 15.4. The molecule has 1 aliphatic heterocycles. The maximum absolute atomic E-state index is 11.9. The highest BCUT2D eigenvalue weighted by Crippen LogP contribution is 2.19. The summed E-state index contributed by atoms with van der Waals surface area (Å²) in [6.45, 7) is 10.8. The third-order valence-electron chi connectivity index (χ3n) is 4.01. The van der Waals surface area contributed by atoms with E-state index in [0.29, 0.717) is 25.7 Å². The minimum Gasteiger partial charge on any atom is -0.503 e. The molecule has 0 aromatic carbocycles. The number of pyridine rings is 1. The summed E-state index contributed by atoms with van der Waals surface area (Å²) < 4.78 is 7.44. The predicted molar refractivity (Wildman–Crippen MR) is 82.7 cm³/mol. The maximum Gasteiger partial charge on any atom is 0.223 e. The van der Waals surface area contributed by atoms with E-state index in [-0.39, 0.29) is 11.2 Å². The van der Waals surface area contributed by atoms with Crippen LogP contribution >= 0.6 is 0 Å². The summed E-state index contributed by atoms with van der Waals surface area (Å²) >= 11 is 0. The molecule has 1 aromatic heterocycles. The van der Waals surface area contributed by atoms with Crippen molar-refractivity contribution in [3.63, 3.8) is 0 Å². The first-order valence-corrected chi connectivity index (χ1v) is 7.71. The lowest BCUT2D eigenvalue weighted by molar-refractivity contribution is 0.0326. The molecule has 5 heteroatoms. The van der Waals surface area contributed by atoms with Crippen LogP contribution < -0.4 is 5.43 Å². The molecule has 1 N–H and O–H groups in total. The molecule has 0 saturated carbocycles. The molecule has 2 rings (SSSR count). The van der Waals surface area contributed by atoms with E-state index in [1.807, 2.05) is 6.92 Å². The summed E-state index contributed by atoms with van der Waals surface area (Å²) in [4.78, 5) is 14.1. The molecule has 0 spiro atoms. The van der Waals surface area contributed by atoms with Crippen LogP contribution in [0.3, 0.4) is 0 Å². The second-order valence-corrected chi connectivity index (χ2v) is 6.17. The van der Waals surface area contributed by atoms with Gasteiger partial charge in [-0.2, -0.15) is 0 Å². The van der Waals surface area contributed by atoms with E-state index in [1.54, 1.807) is 0 Å². The van der Waals surface area contributed by atoms with Crippen LogP contribution in [0.25, 0.3) is 0 Å². The third-order valence-corrected chi connectivity index (χ3v) is 4.01. The first kappa shape index (κ1) is 16.0. The van der Waals surface area contributed by atoms with Crippen molar-refractivity contribution in [3.8, 4) is 5.75 Å². The molecule has 5 nitrogen and oxygen atoms in total. The fourth-order valence-electron chi connectivity index (χ4n) is 2.65. The smallest absolute Gasteiger partial charge is 0.223 e. The molecule has 0 bridgehead atoms. The number of morpholine rings is 1. The molecule has 0 radical (unpaired) electrons. The molecular weight excluding hydrogens is 268 g/mol. The zero-order valence-electron chi connectivity index (χ0n) is 13.3. The van der Waals surface area contributed by atoms with Crippen molar-refractivity contribution in [1.29, 1.82) is 0 Å². The second kappa shape index (κ2) is 7.09. The van der Waals surface area contributed by atoms with E-state index in [2.05, 4.69) is 23.3 Å². The van der Waals surface area contributed by atoms with Gasteiger partial charge in [0.25, 0.3) is 0 Å². The Balaban J connectivity index is 2.28. The molecule has 0 aliphatic carbocycles. The monoisotopic (exact) mass is 294 g/mol. The molecule has 0 atom stereocenters. The van der Waals surface area contributed by atoms with Crippen molar-refractivity contribution < 1.29 is 9.84 Å². The van der Waals surface area contributed by atoms with E-state index >= 15 is 0 Å². The van der Waals surface area contributed by atoms with Crippen LogP contribution in [-0.2, 0) is 17.8 Å². The van der Waals surface area contributed by atoms with Crippen LogP contribution in [0.5, 0.6) is 5.75 Å². The van der Waals surface area contributed by atoms with Gasteiger partial charge in [0.05, 0.1) is 18.9 Å². The second-order valence-electron chi connectivity index (χ2n) is 6.17. The van der Waals surface area contributed by atoms with Crippen molar-refractivity contribution in [2.45, 2.75) is 40.3 Å². The number of hydrogen-bond acceptors (Lipinski definition) is 4. The lowest BCUT2D eigenvalue weighted by atomic mass is 10.1. The quantitative estimate of drug-likeness (QED) is 0.899. The van der Waals surface area contributed by atoms with Gasteiger partial charge in [-0.3, -0.25) is 9.69 Å². The number of nitrogens with zero attached hydrogens (tertiary/aromatic N) is 2. The van der Waals surface area contributed by atoms with Crippen molar-refractivity contribution in [1.82, 2.24) is 9.47 Å². The average molecular weight is 294 g/mol. The first-order valence-electron chi connectivity index (χ1n) is 7.71. The minimum absolute atomic E-state index is 0.101. The highest BCUT2D eigenvalue weighted by Gasteiger charge is 2.18. The Morgan fingerprint density at radius 2 is 2.00 bits per heavy atom. The van der Waals surface area contributed by atoms with Gasteiger partial charge < -0.3 is 14.4 Å². The van der Waals surface area contributed by atoms with Gasteiger partial charge in [0.2, 0.25) is 5.43 Å². The molecule has 1 fully saturated rings. The van der Waals surface area contributed by atoms with Gasteiger partial charge in [0.1, 0.15) is 0 Å². The molecule has 0 unspecified atom stereocenters. The third kappa shape index (κ3) is 4.08. The van der Waals surface area contributed by atoms with Gasteiger partial charge in [0.15, 0.2) is 5.75 Å². The lowest BCUT2D eigenvalue weighted by Gasteiger charge is -2.28. The van der Waals surface area contributed by atoms with Crippen molar-refractivity contribution in [2.24, 2.45) is 5.92 Å². The topological polar surface area (TPSA) is 54.7 Å². The summed E-state index contributed by atoms with van der Waals surface area (Å²) in [5, 5.41) is 10.2. The molecule has 0 amide bonds. The Bertz CT molecular complexity index is 531. The molecule has 21 heavy (non-hydrogen) atoms. The van der Waals surface area contributed by atoms with Gasteiger partial charge in [0, 0.05) is 37.9 Å². The Morgan fingerprint density at radius 3 is 2.62 bits per heavy atom. The maximum atomic E-state index is 11.9. The predicted octanol–water partition coefficient (Wildman–Crippen LogP) is 1.74. The molecular formula is C16H26N2O3. The van der Waals surface area contributed by atoms with Crippen LogP contribution in [0.2, 0.25) is 0 Å². The van der Waals surface area contributed by atoms with Crippen LogP contribution in [0.15, 0.2) is 10.9 Å². The van der Waals surface area contributed by atoms with E-state index < -0.39 is 0 Å². The standard InChI is InChI=1S/C16H26N2O3/c1-12(2)4-5-18-13(3)10-15(19)16(20)14(18)11-17-6-8-21-9-7-17/h10,12,20H,4-9,11H2,1-3H3. The first-order chi connectivity index (χ1) is 9.99. The molecule has 1 aromatic rings. The fraction of sp³-hybridized carbons (Fsp3) is 0.688. The minimum atomic E-state index is -0.281. The van der Waals surface area contributed by atoms with E-state index in [9.17, 15) is 9.90 Å². The number of rotatable bonds is 5. The molecule has 1 saturated heterocycles. The number of aromatic nitrogens is 1. The normalized spacial score (nSPS) is 16.6. The summed E-state index contributed by atoms with van der Waals surface area (Å²) in [7, 11) is 0. The van der Waals surface area contributed by atoms with E-state index in [0.717, 1.165) is 37.4 Å². The van der Waals surface area contributed by atoms with Gasteiger partial charge >= 0.3 is 0 Å². The summed E-state index contributed by atoms with van der Waals surface area (Å²) in [5.74, 6) is 0.484. The molecule has 2 heterocycles. The lowest BCUT2D eigenvalue weighted by Crippen LogP contribution is -2.37. The Morgan fingerprint density at radius 1 is 1.33 bits per heavy atom. The van der Waals surface area contributed by atoms with E-state index in [4.69, 9.17) is 4.74 Å². The number of ether oxygens (including phenoxy) is 1. The Hall–Kier alpha value is -1.33. The van der Waals surface area contributed by atoms with Gasteiger partial charge in [-0.05, 0) is 19.3 Å². The summed E-state index contributed by atoms with van der Waals surface area (Å²) in [5.41, 5.74) is 1.38. The number of aromatic hydroxyl groups is 1. The number of aryl methyl sites for hydroxylation is 1. The largest absolute Gasteiger partial charge is 0.503 e. The summed E-state index contributed by atoms with van der Waals surface area (Å²) in [6, 6.07) is 1.53. The van der Waals surface area contributed by atoms with Crippen LogP contribution in [0.1, 0.15) is 31.7 Å². The molecule has 118 valence electrons.